The summed E-state index contributed by atoms with van der Waals surface area (Å²) < 4.78 is 19.4. The van der Waals surface area contributed by atoms with Crippen molar-refractivity contribution in [2.45, 2.75) is 45.1 Å². The molecule has 9 heteroatoms. The van der Waals surface area contributed by atoms with E-state index in [1.165, 1.54) is 29.5 Å². The Hall–Kier alpha value is -2.97. The molecule has 1 N–H and O–H groups in total. The highest BCUT2D eigenvalue weighted by molar-refractivity contribution is 7.10. The number of ether oxygens (including phenoxy) is 1. The Morgan fingerprint density at radius 1 is 1.14 bits per heavy atom. The summed E-state index contributed by atoms with van der Waals surface area (Å²) >= 11 is 7.41. The number of amides is 2. The van der Waals surface area contributed by atoms with Gasteiger partial charge in [-0.05, 0) is 69.5 Å². The van der Waals surface area contributed by atoms with Gasteiger partial charge < -0.3 is 15.0 Å². The van der Waals surface area contributed by atoms with E-state index < -0.39 is 11.4 Å². The van der Waals surface area contributed by atoms with E-state index in [1.807, 2.05) is 20.8 Å². The van der Waals surface area contributed by atoms with Crippen LogP contribution in [0.4, 0.5) is 14.9 Å². The second-order valence-corrected chi connectivity index (χ2v) is 10.8. The molecule has 6 nitrogen and oxygen atoms in total. The van der Waals surface area contributed by atoms with Gasteiger partial charge in [0, 0.05) is 40.7 Å². The number of hydrogen-bond donors (Lipinski definition) is 1. The van der Waals surface area contributed by atoms with E-state index in [4.69, 9.17) is 16.3 Å². The van der Waals surface area contributed by atoms with E-state index in [0.717, 1.165) is 23.4 Å². The van der Waals surface area contributed by atoms with Gasteiger partial charge in [-0.1, -0.05) is 23.7 Å². The fraction of sp³-hybridized carbons (Fsp3) is 0.346. The molecule has 35 heavy (non-hydrogen) atoms. The van der Waals surface area contributed by atoms with Crippen LogP contribution < -0.4 is 5.32 Å². The number of carbonyl (C=O) groups is 2. The number of thiazole rings is 1. The lowest BCUT2D eigenvalue weighted by Crippen LogP contribution is -2.41. The van der Waals surface area contributed by atoms with Crippen LogP contribution in [0, 0.1) is 5.82 Å². The number of anilines is 1. The molecule has 0 saturated carbocycles. The van der Waals surface area contributed by atoms with Gasteiger partial charge in [0.2, 0.25) is 0 Å². The van der Waals surface area contributed by atoms with Crippen LogP contribution in [-0.4, -0.2) is 40.6 Å². The Bertz CT molecular complexity index is 1220. The molecule has 1 saturated heterocycles. The molecule has 1 fully saturated rings. The van der Waals surface area contributed by atoms with Crippen molar-refractivity contribution in [1.29, 1.82) is 0 Å². The summed E-state index contributed by atoms with van der Waals surface area (Å²) in [5.41, 5.74) is 1.56. The summed E-state index contributed by atoms with van der Waals surface area (Å²) in [6.07, 6.45) is 1.21. The van der Waals surface area contributed by atoms with Crippen LogP contribution in [-0.2, 0) is 4.74 Å². The van der Waals surface area contributed by atoms with Gasteiger partial charge in [0.15, 0.2) is 0 Å². The van der Waals surface area contributed by atoms with Crippen molar-refractivity contribution in [2.24, 2.45) is 0 Å². The largest absolute Gasteiger partial charge is 0.444 e. The van der Waals surface area contributed by atoms with E-state index in [1.54, 1.807) is 34.5 Å². The van der Waals surface area contributed by atoms with E-state index in [-0.39, 0.29) is 17.9 Å². The molecule has 1 aliphatic rings. The lowest BCUT2D eigenvalue weighted by Gasteiger charge is -2.32. The van der Waals surface area contributed by atoms with E-state index in [2.05, 4.69) is 10.3 Å². The summed E-state index contributed by atoms with van der Waals surface area (Å²) in [5.74, 6) is -0.585. The molecule has 0 unspecified atom stereocenters. The standard InChI is InChI=1S/C26H27ClFN3O3S/c1-26(2,3)34-25(33)31-12-10-17(11-13-31)24-30-22(15-35-24)23(32)29-21-9-8-19(28)14-20(21)16-4-6-18(27)7-5-16/h4-9,14-15,17H,10-13H2,1-3H3,(H,29,32). The molecule has 2 aromatic carbocycles. The summed E-state index contributed by atoms with van der Waals surface area (Å²) in [6, 6.07) is 11.2. The lowest BCUT2D eigenvalue weighted by atomic mass is 9.98. The van der Waals surface area contributed by atoms with Crippen LogP contribution in [0.5, 0.6) is 0 Å². The number of halogens is 2. The first-order valence-corrected chi connectivity index (χ1v) is 12.6. The van der Waals surface area contributed by atoms with Gasteiger partial charge in [-0.3, -0.25) is 4.79 Å². The lowest BCUT2D eigenvalue weighted by molar-refractivity contribution is 0.0204. The average molecular weight is 516 g/mol. The first kappa shape index (κ1) is 25.1. The quantitative estimate of drug-likeness (QED) is 0.407. The third-order valence-corrected chi connectivity index (χ3v) is 6.89. The highest BCUT2D eigenvalue weighted by atomic mass is 35.5. The monoisotopic (exact) mass is 515 g/mol. The number of hydrogen-bond acceptors (Lipinski definition) is 5. The fourth-order valence-corrected chi connectivity index (χ4v) is 4.99. The second kappa shape index (κ2) is 10.3. The zero-order valence-corrected chi connectivity index (χ0v) is 21.4. The highest BCUT2D eigenvalue weighted by Gasteiger charge is 2.29. The van der Waals surface area contributed by atoms with Gasteiger partial charge in [-0.2, -0.15) is 0 Å². The van der Waals surface area contributed by atoms with Crippen LogP contribution in [0.15, 0.2) is 47.8 Å². The molecule has 1 aromatic heterocycles. The third-order valence-electron chi connectivity index (χ3n) is 5.64. The first-order chi connectivity index (χ1) is 16.6. The molecule has 2 amide bonds. The van der Waals surface area contributed by atoms with Crippen molar-refractivity contribution >= 4 is 40.6 Å². The average Bonchev–Trinajstić information content (AvgIpc) is 3.30. The number of nitrogens with one attached hydrogen (secondary N) is 1. The number of piperidine rings is 1. The Labute approximate surface area is 213 Å². The SMILES string of the molecule is CC(C)(C)OC(=O)N1CCC(c2nc(C(=O)Nc3ccc(F)cc3-c3ccc(Cl)cc3)cs2)CC1. The fourth-order valence-electron chi connectivity index (χ4n) is 3.90. The van der Waals surface area contributed by atoms with Crippen molar-refractivity contribution in [2.75, 3.05) is 18.4 Å². The molecule has 0 aliphatic carbocycles. The molecule has 0 atom stereocenters. The van der Waals surface area contributed by atoms with Gasteiger partial charge in [-0.25, -0.2) is 14.2 Å². The number of carbonyl (C=O) groups excluding carboxylic acids is 2. The number of likely N-dealkylation sites (tertiary alicyclic amines) is 1. The zero-order chi connectivity index (χ0) is 25.2. The van der Waals surface area contributed by atoms with Crippen LogP contribution in [0.1, 0.15) is 55.0 Å². The van der Waals surface area contributed by atoms with Crippen LogP contribution in [0.2, 0.25) is 5.02 Å². The highest BCUT2D eigenvalue weighted by Crippen LogP contribution is 2.33. The van der Waals surface area contributed by atoms with Crippen molar-refractivity contribution < 1.29 is 18.7 Å². The number of nitrogens with zero attached hydrogens (tertiary/aromatic N) is 2. The van der Waals surface area contributed by atoms with Gasteiger partial charge in [0.1, 0.15) is 17.1 Å². The minimum Gasteiger partial charge on any atom is -0.444 e. The molecule has 1 aliphatic heterocycles. The van der Waals surface area contributed by atoms with Gasteiger partial charge >= 0.3 is 6.09 Å². The van der Waals surface area contributed by atoms with Gasteiger partial charge in [0.05, 0.1) is 5.01 Å². The minimum absolute atomic E-state index is 0.177. The number of aromatic nitrogens is 1. The summed E-state index contributed by atoms with van der Waals surface area (Å²) in [6.45, 7) is 6.72. The summed E-state index contributed by atoms with van der Waals surface area (Å²) in [4.78, 5) is 31.5. The first-order valence-electron chi connectivity index (χ1n) is 11.4. The van der Waals surface area contributed by atoms with E-state index in [0.29, 0.717) is 35.1 Å². The Morgan fingerprint density at radius 2 is 1.83 bits per heavy atom. The molecular weight excluding hydrogens is 489 g/mol. The molecule has 2 heterocycles. The van der Waals surface area contributed by atoms with Crippen LogP contribution in [0.3, 0.4) is 0 Å². The van der Waals surface area contributed by atoms with Gasteiger partial charge in [0.25, 0.3) is 5.91 Å². The van der Waals surface area contributed by atoms with Crippen molar-refractivity contribution in [3.63, 3.8) is 0 Å². The normalized spacial score (nSPS) is 14.6. The van der Waals surface area contributed by atoms with Crippen molar-refractivity contribution in [3.05, 3.63) is 69.4 Å². The maximum Gasteiger partial charge on any atom is 0.410 e. The summed E-state index contributed by atoms with van der Waals surface area (Å²) in [5, 5.41) is 6.04. The zero-order valence-electron chi connectivity index (χ0n) is 19.8. The minimum atomic E-state index is -0.524. The van der Waals surface area contributed by atoms with Crippen molar-refractivity contribution in [3.8, 4) is 11.1 Å². The molecule has 0 spiro atoms. The molecule has 4 rings (SSSR count). The topological polar surface area (TPSA) is 71.5 Å². The van der Waals surface area contributed by atoms with E-state index in [9.17, 15) is 14.0 Å². The Balaban J connectivity index is 1.42. The third kappa shape index (κ3) is 6.38. The Morgan fingerprint density at radius 3 is 2.49 bits per heavy atom. The molecular formula is C26H27ClFN3O3S. The summed E-state index contributed by atoms with van der Waals surface area (Å²) in [7, 11) is 0. The predicted octanol–water partition coefficient (Wildman–Crippen LogP) is 6.97. The number of rotatable bonds is 4. The predicted molar refractivity (Wildman–Crippen MR) is 137 cm³/mol. The second-order valence-electron chi connectivity index (χ2n) is 9.46. The van der Waals surface area contributed by atoms with Gasteiger partial charge in [-0.15, -0.1) is 11.3 Å². The maximum absolute atomic E-state index is 14.0. The van der Waals surface area contributed by atoms with Crippen molar-refractivity contribution in [1.82, 2.24) is 9.88 Å². The van der Waals surface area contributed by atoms with E-state index >= 15 is 0 Å². The maximum atomic E-state index is 14.0. The Kier molecular flexibility index (Phi) is 7.42. The van der Waals surface area contributed by atoms with Crippen LogP contribution in [0.25, 0.3) is 11.1 Å². The molecule has 3 aromatic rings. The van der Waals surface area contributed by atoms with Crippen LogP contribution >= 0.6 is 22.9 Å². The molecule has 0 bridgehead atoms. The smallest absolute Gasteiger partial charge is 0.410 e. The number of benzene rings is 2. The molecule has 184 valence electrons. The molecule has 0 radical (unpaired) electrons.